The van der Waals surface area contributed by atoms with Crippen molar-refractivity contribution in [1.29, 1.82) is 0 Å². The molecule has 1 aromatic heterocycles. The Balaban J connectivity index is 1.62. The van der Waals surface area contributed by atoms with Crippen molar-refractivity contribution >= 4 is 16.0 Å². The van der Waals surface area contributed by atoms with Crippen LogP contribution < -0.4 is 5.73 Å². The molecule has 0 saturated carbocycles. The molecule has 21 heavy (non-hydrogen) atoms. The first kappa shape index (κ1) is 14.8. The van der Waals surface area contributed by atoms with Crippen LogP contribution in [0.2, 0.25) is 0 Å². The minimum atomic E-state index is -3.27. The summed E-state index contributed by atoms with van der Waals surface area (Å²) in [5.74, 6) is 0.512. The van der Waals surface area contributed by atoms with Crippen molar-refractivity contribution in [1.82, 2.24) is 18.4 Å². The van der Waals surface area contributed by atoms with Crippen LogP contribution in [0.4, 0.5) is 5.82 Å². The van der Waals surface area contributed by atoms with Crippen molar-refractivity contribution in [3.8, 4) is 0 Å². The fourth-order valence-electron chi connectivity index (χ4n) is 3.15. The van der Waals surface area contributed by atoms with Gasteiger partial charge in [-0.25, -0.2) is 0 Å². The Morgan fingerprint density at radius 1 is 1.05 bits per heavy atom. The molecule has 7 nitrogen and oxygen atoms in total. The summed E-state index contributed by atoms with van der Waals surface area (Å²) in [5, 5.41) is 4.23. The van der Waals surface area contributed by atoms with E-state index < -0.39 is 10.2 Å². The van der Waals surface area contributed by atoms with E-state index in [4.69, 9.17) is 5.73 Å². The van der Waals surface area contributed by atoms with Crippen molar-refractivity contribution in [2.24, 2.45) is 0 Å². The molecular formula is C13H23N5O2S. The molecule has 0 unspecified atom stereocenters. The van der Waals surface area contributed by atoms with E-state index in [9.17, 15) is 8.42 Å². The largest absolute Gasteiger partial charge is 0.382 e. The minimum absolute atomic E-state index is 0.245. The maximum atomic E-state index is 12.6. The van der Waals surface area contributed by atoms with Crippen LogP contribution in [0.25, 0.3) is 0 Å². The summed E-state index contributed by atoms with van der Waals surface area (Å²) in [5.41, 5.74) is 5.63. The summed E-state index contributed by atoms with van der Waals surface area (Å²) in [6.07, 6.45) is 6.52. The Kier molecular flexibility index (Phi) is 4.19. The number of hydrogen-bond acceptors (Lipinski definition) is 4. The molecule has 0 radical (unpaired) electrons. The van der Waals surface area contributed by atoms with Crippen LogP contribution in [0.1, 0.15) is 38.1 Å². The highest BCUT2D eigenvalue weighted by molar-refractivity contribution is 7.86. The van der Waals surface area contributed by atoms with Crippen molar-refractivity contribution in [3.63, 3.8) is 0 Å². The van der Waals surface area contributed by atoms with Gasteiger partial charge in [0.05, 0.1) is 6.04 Å². The van der Waals surface area contributed by atoms with Crippen molar-refractivity contribution < 1.29 is 8.42 Å². The van der Waals surface area contributed by atoms with E-state index in [-0.39, 0.29) is 6.04 Å². The third kappa shape index (κ3) is 3.07. The summed E-state index contributed by atoms with van der Waals surface area (Å²) < 4.78 is 30.3. The second kappa shape index (κ2) is 5.94. The first-order valence-corrected chi connectivity index (χ1v) is 9.03. The molecule has 2 aliphatic heterocycles. The van der Waals surface area contributed by atoms with Crippen LogP contribution in [-0.4, -0.2) is 53.0 Å². The van der Waals surface area contributed by atoms with Gasteiger partial charge in [0.15, 0.2) is 0 Å². The molecular weight excluding hydrogens is 290 g/mol. The summed E-state index contributed by atoms with van der Waals surface area (Å²) >= 11 is 0. The highest BCUT2D eigenvalue weighted by Crippen LogP contribution is 2.26. The lowest BCUT2D eigenvalue weighted by atomic mass is 10.1. The van der Waals surface area contributed by atoms with Gasteiger partial charge in [-0.3, -0.25) is 4.68 Å². The first-order chi connectivity index (χ1) is 10.1. The number of anilines is 1. The molecule has 0 aliphatic carbocycles. The van der Waals surface area contributed by atoms with Crippen LogP contribution in [0, 0.1) is 0 Å². The summed E-state index contributed by atoms with van der Waals surface area (Å²) in [6.45, 7) is 2.45. The van der Waals surface area contributed by atoms with Gasteiger partial charge in [0.25, 0.3) is 10.2 Å². The van der Waals surface area contributed by atoms with Crippen LogP contribution in [0.15, 0.2) is 12.3 Å². The van der Waals surface area contributed by atoms with Crippen molar-refractivity contribution in [2.75, 3.05) is 31.9 Å². The normalized spacial score (nSPS) is 23.4. The Bertz CT molecular complexity index is 571. The fourth-order valence-corrected chi connectivity index (χ4v) is 4.87. The number of nitrogen functional groups attached to an aromatic ring is 1. The first-order valence-electron chi connectivity index (χ1n) is 7.63. The van der Waals surface area contributed by atoms with Gasteiger partial charge < -0.3 is 5.73 Å². The van der Waals surface area contributed by atoms with Crippen LogP contribution in [0.3, 0.4) is 0 Å². The SMILES string of the molecule is Nc1ccn(C2CCN(S(=O)(=O)N3CCCCC3)CC2)n1. The lowest BCUT2D eigenvalue weighted by molar-refractivity contribution is 0.237. The smallest absolute Gasteiger partial charge is 0.281 e. The number of aromatic nitrogens is 2. The molecule has 2 fully saturated rings. The molecule has 8 heteroatoms. The lowest BCUT2D eigenvalue weighted by Gasteiger charge is -2.36. The maximum Gasteiger partial charge on any atom is 0.281 e. The van der Waals surface area contributed by atoms with E-state index in [1.54, 1.807) is 14.7 Å². The quantitative estimate of drug-likeness (QED) is 0.896. The fraction of sp³-hybridized carbons (Fsp3) is 0.769. The highest BCUT2D eigenvalue weighted by atomic mass is 32.2. The molecule has 2 aliphatic rings. The molecule has 118 valence electrons. The zero-order chi connectivity index (χ0) is 14.9. The number of nitrogens with zero attached hydrogens (tertiary/aromatic N) is 4. The maximum absolute atomic E-state index is 12.6. The van der Waals surface area contributed by atoms with E-state index in [0.29, 0.717) is 32.0 Å². The van der Waals surface area contributed by atoms with Gasteiger partial charge in [-0.05, 0) is 31.7 Å². The van der Waals surface area contributed by atoms with Crippen molar-refractivity contribution in [2.45, 2.75) is 38.1 Å². The second-order valence-electron chi connectivity index (χ2n) is 5.82. The summed E-state index contributed by atoms with van der Waals surface area (Å²) in [4.78, 5) is 0. The number of nitrogens with two attached hydrogens (primary N) is 1. The second-order valence-corrected chi connectivity index (χ2v) is 7.75. The summed E-state index contributed by atoms with van der Waals surface area (Å²) in [6, 6.07) is 2.02. The lowest BCUT2D eigenvalue weighted by Crippen LogP contribution is -2.48. The molecule has 0 atom stereocenters. The molecule has 2 saturated heterocycles. The zero-order valence-corrected chi connectivity index (χ0v) is 13.0. The monoisotopic (exact) mass is 313 g/mol. The van der Waals surface area contributed by atoms with E-state index in [2.05, 4.69) is 5.10 Å². The molecule has 0 aromatic carbocycles. The number of rotatable bonds is 3. The van der Waals surface area contributed by atoms with Crippen LogP contribution >= 0.6 is 0 Å². The molecule has 0 spiro atoms. The molecule has 1 aromatic rings. The minimum Gasteiger partial charge on any atom is -0.382 e. The number of piperidine rings is 2. The molecule has 0 bridgehead atoms. The summed E-state index contributed by atoms with van der Waals surface area (Å²) in [7, 11) is -3.27. The van der Waals surface area contributed by atoms with Gasteiger partial charge in [0, 0.05) is 32.4 Å². The van der Waals surface area contributed by atoms with E-state index in [0.717, 1.165) is 32.1 Å². The highest BCUT2D eigenvalue weighted by Gasteiger charge is 2.33. The van der Waals surface area contributed by atoms with Crippen LogP contribution in [0.5, 0.6) is 0 Å². The third-order valence-corrected chi connectivity index (χ3v) is 6.43. The van der Waals surface area contributed by atoms with Gasteiger partial charge in [-0.15, -0.1) is 0 Å². The third-order valence-electron chi connectivity index (χ3n) is 4.39. The van der Waals surface area contributed by atoms with Gasteiger partial charge >= 0.3 is 0 Å². The molecule has 2 N–H and O–H groups in total. The predicted molar refractivity (Wildman–Crippen MR) is 80.8 cm³/mol. The van der Waals surface area contributed by atoms with E-state index >= 15 is 0 Å². The van der Waals surface area contributed by atoms with Gasteiger partial charge in [0.1, 0.15) is 5.82 Å². The molecule has 0 amide bonds. The average Bonchev–Trinajstić information content (AvgIpc) is 2.95. The van der Waals surface area contributed by atoms with Gasteiger partial charge in [-0.1, -0.05) is 6.42 Å². The standard InChI is InChI=1S/C13H23N5O2S/c14-13-6-11-18(15-13)12-4-9-17(10-5-12)21(19,20)16-7-2-1-3-8-16/h6,11-12H,1-5,7-10H2,(H2,14,15). The Morgan fingerprint density at radius 2 is 1.67 bits per heavy atom. The topological polar surface area (TPSA) is 84.5 Å². The molecule has 3 rings (SSSR count). The molecule has 3 heterocycles. The zero-order valence-electron chi connectivity index (χ0n) is 12.2. The van der Waals surface area contributed by atoms with Gasteiger partial charge in [0.2, 0.25) is 0 Å². The Hall–Kier alpha value is -1.12. The van der Waals surface area contributed by atoms with E-state index in [1.807, 2.05) is 10.9 Å². The van der Waals surface area contributed by atoms with Crippen LogP contribution in [-0.2, 0) is 10.2 Å². The average molecular weight is 313 g/mol. The Morgan fingerprint density at radius 3 is 2.24 bits per heavy atom. The van der Waals surface area contributed by atoms with E-state index in [1.165, 1.54) is 0 Å². The number of hydrogen-bond donors (Lipinski definition) is 1. The predicted octanol–water partition coefficient (Wildman–Crippen LogP) is 0.833. The van der Waals surface area contributed by atoms with Crippen molar-refractivity contribution in [3.05, 3.63) is 12.3 Å². The van der Waals surface area contributed by atoms with Gasteiger partial charge in [-0.2, -0.15) is 22.1 Å². The Labute approximate surface area is 125 Å².